The van der Waals surface area contributed by atoms with E-state index in [2.05, 4.69) is 13.8 Å². The van der Waals surface area contributed by atoms with Crippen LogP contribution in [-0.4, -0.2) is 78.3 Å². The molecule has 0 amide bonds. The third-order valence-corrected chi connectivity index (χ3v) is 12.6. The fraction of sp³-hybridized carbons (Fsp3) is 0.875. The highest BCUT2D eigenvalue weighted by Gasteiger charge is 2.67. The van der Waals surface area contributed by atoms with Gasteiger partial charge in [0.1, 0.15) is 18.8 Å². The molecule has 2 aliphatic heterocycles. The van der Waals surface area contributed by atoms with Crippen LogP contribution in [0.25, 0.3) is 0 Å². The summed E-state index contributed by atoms with van der Waals surface area (Å²) in [6.07, 6.45) is 6.35. The predicted octanol–water partition coefficient (Wildman–Crippen LogP) is 3.68. The summed E-state index contributed by atoms with van der Waals surface area (Å²) in [6.45, 7) is 8.19. The largest absolute Gasteiger partial charge is 0.458 e. The molecule has 0 radical (unpaired) electrons. The topological polar surface area (TPSA) is 121 Å². The molecule has 9 heteroatoms. The maximum Gasteiger partial charge on any atom is 0.331 e. The Morgan fingerprint density at radius 3 is 2.51 bits per heavy atom. The predicted molar refractivity (Wildman–Crippen MR) is 147 cm³/mol. The zero-order chi connectivity index (χ0) is 29.3. The molecule has 0 aromatic carbocycles. The molecule has 4 saturated carbocycles. The second-order valence-electron chi connectivity index (χ2n) is 14.3. The Kier molecular flexibility index (Phi) is 7.62. The Morgan fingerprint density at radius 2 is 1.83 bits per heavy atom. The van der Waals surface area contributed by atoms with Gasteiger partial charge in [-0.05, 0) is 99.4 Å². The van der Waals surface area contributed by atoms with E-state index in [1.54, 1.807) is 13.0 Å². The summed E-state index contributed by atoms with van der Waals surface area (Å²) >= 11 is 0. The van der Waals surface area contributed by atoms with Gasteiger partial charge in [0.05, 0.1) is 17.8 Å². The number of ether oxygens (including phenoxy) is 5. The first-order valence-corrected chi connectivity index (χ1v) is 15.7. The van der Waals surface area contributed by atoms with Crippen molar-refractivity contribution in [1.29, 1.82) is 0 Å². The molecule has 2 unspecified atom stereocenters. The summed E-state index contributed by atoms with van der Waals surface area (Å²) in [5.41, 5.74) is 0.221. The van der Waals surface area contributed by atoms with Crippen molar-refractivity contribution in [2.24, 2.45) is 34.5 Å². The van der Waals surface area contributed by atoms with E-state index in [9.17, 15) is 19.8 Å². The van der Waals surface area contributed by atoms with Crippen LogP contribution in [0.15, 0.2) is 11.6 Å². The van der Waals surface area contributed by atoms with Crippen LogP contribution in [0.2, 0.25) is 0 Å². The monoisotopic (exact) mass is 576 g/mol. The van der Waals surface area contributed by atoms with Gasteiger partial charge in [-0.2, -0.15) is 0 Å². The molecule has 230 valence electrons. The van der Waals surface area contributed by atoms with Gasteiger partial charge in [0.2, 0.25) is 0 Å². The lowest BCUT2D eigenvalue weighted by atomic mass is 9.43. The summed E-state index contributed by atoms with van der Waals surface area (Å²) in [5, 5.41) is 23.1. The quantitative estimate of drug-likeness (QED) is 0.373. The number of aliphatic hydroxyl groups is 2. The zero-order valence-corrected chi connectivity index (χ0v) is 25.2. The van der Waals surface area contributed by atoms with Crippen molar-refractivity contribution in [3.8, 4) is 0 Å². The SMILES string of the molecule is CO[C@H]1[C@@H](O)[C@H](C)O[C@H](OC2CC[C@@]3(C)C(CC[C@@H]4[C@@H]3CC[C@]3(C)[C@@H](C5=CC(=O)OC5)CC[C@]43O)C2)[C@H]1OC(C)=O. The first-order valence-electron chi connectivity index (χ1n) is 15.7. The zero-order valence-electron chi connectivity index (χ0n) is 25.2. The van der Waals surface area contributed by atoms with Gasteiger partial charge >= 0.3 is 11.9 Å². The molecule has 1 saturated heterocycles. The first kappa shape index (κ1) is 29.5. The Balaban J connectivity index is 1.16. The van der Waals surface area contributed by atoms with Crippen molar-refractivity contribution in [3.63, 3.8) is 0 Å². The van der Waals surface area contributed by atoms with Crippen LogP contribution in [0.4, 0.5) is 0 Å². The average Bonchev–Trinajstić information content (AvgIpc) is 3.46. The first-order chi connectivity index (χ1) is 19.4. The number of aliphatic hydroxyl groups excluding tert-OH is 1. The van der Waals surface area contributed by atoms with Crippen LogP contribution >= 0.6 is 0 Å². The van der Waals surface area contributed by atoms with E-state index in [4.69, 9.17) is 23.7 Å². The minimum Gasteiger partial charge on any atom is -0.458 e. The van der Waals surface area contributed by atoms with Crippen LogP contribution < -0.4 is 0 Å². The molecule has 5 fully saturated rings. The molecule has 2 N–H and O–H groups in total. The van der Waals surface area contributed by atoms with E-state index in [0.29, 0.717) is 18.4 Å². The number of rotatable bonds is 5. The van der Waals surface area contributed by atoms with E-state index in [0.717, 1.165) is 63.4 Å². The van der Waals surface area contributed by atoms with Crippen LogP contribution in [-0.2, 0) is 33.3 Å². The molecule has 2 heterocycles. The number of fused-ring (bicyclic) bond motifs is 5. The van der Waals surface area contributed by atoms with Crippen molar-refractivity contribution < 1.29 is 43.5 Å². The highest BCUT2D eigenvalue weighted by Crippen LogP contribution is 2.70. The normalized spacial score (nSPS) is 51.2. The van der Waals surface area contributed by atoms with E-state index in [-0.39, 0.29) is 34.7 Å². The molecule has 6 rings (SSSR count). The number of methoxy groups -OCH3 is 1. The third-order valence-electron chi connectivity index (χ3n) is 12.6. The molecule has 13 atom stereocenters. The van der Waals surface area contributed by atoms with Gasteiger partial charge < -0.3 is 33.9 Å². The number of hydrogen-bond donors (Lipinski definition) is 2. The standard InChI is InChI=1S/C32H48O9/c1-17-26(35)27(37-5)28(40-18(2)33)29(39-17)41-21-8-11-30(3)20(15-21)6-7-24-23(30)9-12-31(4)22(10-13-32(24,31)36)19-14-25(34)38-16-19/h14,17,20-24,26-29,35-36H,6-13,15-16H2,1-5H3/t17-,20?,21?,22+,23-,24+,26-,27-,28-,29+,30-,31+,32-/m0/s1. The third kappa shape index (κ3) is 4.60. The van der Waals surface area contributed by atoms with Crippen LogP contribution in [0.1, 0.15) is 85.5 Å². The summed E-state index contributed by atoms with van der Waals surface area (Å²) < 4.78 is 28.9. The van der Waals surface area contributed by atoms with Gasteiger partial charge in [0, 0.05) is 25.5 Å². The number of cyclic esters (lactones) is 1. The highest BCUT2D eigenvalue weighted by atomic mass is 16.7. The summed E-state index contributed by atoms with van der Waals surface area (Å²) in [5.74, 6) is 0.650. The van der Waals surface area contributed by atoms with Crippen molar-refractivity contribution >= 4 is 11.9 Å². The molecule has 0 spiro atoms. The second-order valence-corrected chi connectivity index (χ2v) is 14.3. The molecule has 4 aliphatic carbocycles. The second kappa shape index (κ2) is 10.6. The number of carbonyl (C=O) groups is 2. The minimum absolute atomic E-state index is 0.0488. The van der Waals surface area contributed by atoms with E-state index in [1.807, 2.05) is 0 Å². The lowest BCUT2D eigenvalue weighted by Gasteiger charge is -2.64. The molecule has 0 aromatic heterocycles. The van der Waals surface area contributed by atoms with E-state index >= 15 is 0 Å². The lowest BCUT2D eigenvalue weighted by Crippen LogP contribution is -2.63. The van der Waals surface area contributed by atoms with Crippen LogP contribution in [0, 0.1) is 34.5 Å². The summed E-state index contributed by atoms with van der Waals surface area (Å²) in [6, 6.07) is 0. The van der Waals surface area contributed by atoms with E-state index < -0.39 is 42.3 Å². The van der Waals surface area contributed by atoms with Crippen LogP contribution in [0.3, 0.4) is 0 Å². The Hall–Kier alpha value is -1.52. The summed E-state index contributed by atoms with van der Waals surface area (Å²) in [7, 11) is 1.50. The van der Waals surface area contributed by atoms with Gasteiger partial charge in [0.15, 0.2) is 12.4 Å². The fourth-order valence-corrected chi connectivity index (χ4v) is 10.4. The van der Waals surface area contributed by atoms with Crippen molar-refractivity contribution in [2.45, 2.75) is 128 Å². The average molecular weight is 577 g/mol. The lowest BCUT2D eigenvalue weighted by molar-refractivity contribution is -0.315. The number of esters is 2. The van der Waals surface area contributed by atoms with Gasteiger partial charge in [-0.3, -0.25) is 4.79 Å². The number of hydrogen-bond acceptors (Lipinski definition) is 9. The molecular weight excluding hydrogens is 528 g/mol. The van der Waals surface area contributed by atoms with Crippen LogP contribution in [0.5, 0.6) is 0 Å². The smallest absolute Gasteiger partial charge is 0.331 e. The van der Waals surface area contributed by atoms with Gasteiger partial charge in [-0.25, -0.2) is 4.79 Å². The highest BCUT2D eigenvalue weighted by molar-refractivity contribution is 5.85. The maximum absolute atomic E-state index is 12.5. The molecule has 6 aliphatic rings. The molecular formula is C32H48O9. The van der Waals surface area contributed by atoms with Crippen molar-refractivity contribution in [2.75, 3.05) is 13.7 Å². The van der Waals surface area contributed by atoms with Gasteiger partial charge in [-0.1, -0.05) is 13.8 Å². The van der Waals surface area contributed by atoms with Gasteiger partial charge in [0.25, 0.3) is 0 Å². The molecule has 9 nitrogen and oxygen atoms in total. The maximum atomic E-state index is 12.5. The van der Waals surface area contributed by atoms with E-state index in [1.165, 1.54) is 14.0 Å². The Labute approximate surface area is 243 Å². The Bertz CT molecular complexity index is 1080. The number of carbonyl (C=O) groups excluding carboxylic acids is 2. The van der Waals surface area contributed by atoms with Crippen molar-refractivity contribution in [3.05, 3.63) is 11.6 Å². The van der Waals surface area contributed by atoms with Crippen molar-refractivity contribution in [1.82, 2.24) is 0 Å². The fourth-order valence-electron chi connectivity index (χ4n) is 10.4. The minimum atomic E-state index is -0.926. The molecule has 0 bridgehead atoms. The van der Waals surface area contributed by atoms with Gasteiger partial charge in [-0.15, -0.1) is 0 Å². The molecule has 41 heavy (non-hydrogen) atoms. The summed E-state index contributed by atoms with van der Waals surface area (Å²) in [4.78, 5) is 23.7. The Morgan fingerprint density at radius 1 is 1.05 bits per heavy atom. The molecule has 0 aromatic rings.